The zero-order valence-corrected chi connectivity index (χ0v) is 9.91. The molecule has 1 aliphatic heterocycles. The van der Waals surface area contributed by atoms with Crippen molar-refractivity contribution in [2.75, 3.05) is 13.2 Å². The quantitative estimate of drug-likeness (QED) is 0.824. The molecule has 3 nitrogen and oxygen atoms in total. The third kappa shape index (κ3) is 2.37. The van der Waals surface area contributed by atoms with E-state index in [-0.39, 0.29) is 6.29 Å². The first-order valence-corrected chi connectivity index (χ1v) is 5.98. The van der Waals surface area contributed by atoms with Gasteiger partial charge in [-0.1, -0.05) is 36.4 Å². The van der Waals surface area contributed by atoms with Crippen LogP contribution >= 0.6 is 0 Å². The molecule has 0 spiro atoms. The number of benzene rings is 2. The first kappa shape index (κ1) is 11.3. The van der Waals surface area contributed by atoms with E-state index in [4.69, 9.17) is 14.2 Å². The van der Waals surface area contributed by atoms with Gasteiger partial charge in [0.2, 0.25) is 0 Å². The largest absolute Gasteiger partial charge is 0.457 e. The molecule has 0 amide bonds. The molecule has 0 radical (unpaired) electrons. The first-order valence-electron chi connectivity index (χ1n) is 5.98. The molecule has 1 aliphatic rings. The number of ether oxygens (including phenoxy) is 3. The summed E-state index contributed by atoms with van der Waals surface area (Å²) in [6, 6.07) is 17.5. The van der Waals surface area contributed by atoms with Crippen molar-refractivity contribution < 1.29 is 14.2 Å². The summed E-state index contributed by atoms with van der Waals surface area (Å²) in [5.41, 5.74) is 0.929. The molecular formula is C15H14O3. The van der Waals surface area contributed by atoms with Gasteiger partial charge >= 0.3 is 0 Å². The van der Waals surface area contributed by atoms with Gasteiger partial charge in [0, 0.05) is 0 Å². The van der Waals surface area contributed by atoms with Gasteiger partial charge in [-0.05, 0) is 18.2 Å². The summed E-state index contributed by atoms with van der Waals surface area (Å²) in [5, 5.41) is 0. The summed E-state index contributed by atoms with van der Waals surface area (Å²) < 4.78 is 16.9. The number of rotatable bonds is 3. The van der Waals surface area contributed by atoms with Gasteiger partial charge in [0.25, 0.3) is 0 Å². The van der Waals surface area contributed by atoms with Crippen molar-refractivity contribution in [3.8, 4) is 11.5 Å². The van der Waals surface area contributed by atoms with Gasteiger partial charge < -0.3 is 14.2 Å². The summed E-state index contributed by atoms with van der Waals surface area (Å²) >= 11 is 0. The van der Waals surface area contributed by atoms with Crippen molar-refractivity contribution in [2.24, 2.45) is 0 Å². The van der Waals surface area contributed by atoms with Crippen LogP contribution in [0.5, 0.6) is 11.5 Å². The average molecular weight is 242 g/mol. The van der Waals surface area contributed by atoms with Gasteiger partial charge in [-0.25, -0.2) is 0 Å². The molecule has 18 heavy (non-hydrogen) atoms. The standard InChI is InChI=1S/C15H14O3/c1-2-6-12(7-3-1)18-14-9-5-4-8-13(14)15-16-10-11-17-15/h1-9,15H,10-11H2. The summed E-state index contributed by atoms with van der Waals surface area (Å²) in [6.45, 7) is 1.26. The maximum Gasteiger partial charge on any atom is 0.187 e. The van der Waals surface area contributed by atoms with Crippen molar-refractivity contribution in [3.05, 3.63) is 60.2 Å². The molecule has 0 unspecified atom stereocenters. The molecule has 0 bridgehead atoms. The maximum atomic E-state index is 5.86. The van der Waals surface area contributed by atoms with Crippen LogP contribution in [0.3, 0.4) is 0 Å². The minimum Gasteiger partial charge on any atom is -0.457 e. The number of para-hydroxylation sites is 2. The van der Waals surface area contributed by atoms with Crippen molar-refractivity contribution in [3.63, 3.8) is 0 Å². The first-order chi connectivity index (χ1) is 8.93. The van der Waals surface area contributed by atoms with E-state index in [1.165, 1.54) is 0 Å². The van der Waals surface area contributed by atoms with Gasteiger partial charge in [0.1, 0.15) is 11.5 Å². The lowest BCUT2D eigenvalue weighted by atomic mass is 10.2. The van der Waals surface area contributed by atoms with Crippen LogP contribution in [0, 0.1) is 0 Å². The Morgan fingerprint density at radius 1 is 0.833 bits per heavy atom. The Morgan fingerprint density at radius 3 is 2.28 bits per heavy atom. The third-order valence-electron chi connectivity index (χ3n) is 2.77. The van der Waals surface area contributed by atoms with E-state index in [1.54, 1.807) is 0 Å². The Hall–Kier alpha value is -1.84. The molecule has 0 N–H and O–H groups in total. The summed E-state index contributed by atoms with van der Waals surface area (Å²) in [5.74, 6) is 1.58. The molecule has 92 valence electrons. The zero-order chi connectivity index (χ0) is 12.2. The topological polar surface area (TPSA) is 27.7 Å². The number of hydrogen-bond acceptors (Lipinski definition) is 3. The summed E-state index contributed by atoms with van der Waals surface area (Å²) in [4.78, 5) is 0. The van der Waals surface area contributed by atoms with E-state index >= 15 is 0 Å². The second-order valence-corrected chi connectivity index (χ2v) is 4.03. The van der Waals surface area contributed by atoms with Crippen LogP contribution in [-0.2, 0) is 9.47 Å². The molecule has 0 atom stereocenters. The monoisotopic (exact) mass is 242 g/mol. The predicted octanol–water partition coefficient (Wildman–Crippen LogP) is 3.52. The predicted molar refractivity (Wildman–Crippen MR) is 67.6 cm³/mol. The molecule has 0 saturated carbocycles. The van der Waals surface area contributed by atoms with Crippen LogP contribution in [0.2, 0.25) is 0 Å². The Bertz CT molecular complexity index is 504. The van der Waals surface area contributed by atoms with Gasteiger partial charge in [-0.3, -0.25) is 0 Å². The van der Waals surface area contributed by atoms with Gasteiger partial charge in [0.05, 0.1) is 18.8 Å². The lowest BCUT2D eigenvalue weighted by molar-refractivity contribution is -0.0452. The lowest BCUT2D eigenvalue weighted by Crippen LogP contribution is -2.00. The fourth-order valence-electron chi connectivity index (χ4n) is 1.92. The SMILES string of the molecule is c1ccc(Oc2ccccc2C2OCCO2)cc1. The highest BCUT2D eigenvalue weighted by Gasteiger charge is 2.21. The van der Waals surface area contributed by atoms with E-state index in [0.717, 1.165) is 17.1 Å². The molecule has 2 aromatic carbocycles. The van der Waals surface area contributed by atoms with Crippen molar-refractivity contribution in [1.29, 1.82) is 0 Å². The zero-order valence-electron chi connectivity index (χ0n) is 9.91. The van der Waals surface area contributed by atoms with Gasteiger partial charge in [-0.2, -0.15) is 0 Å². The Morgan fingerprint density at radius 2 is 1.50 bits per heavy atom. The Kier molecular flexibility index (Phi) is 3.26. The van der Waals surface area contributed by atoms with Crippen molar-refractivity contribution in [2.45, 2.75) is 6.29 Å². The molecule has 0 aliphatic carbocycles. The molecule has 3 heteroatoms. The normalized spacial score (nSPS) is 15.8. The van der Waals surface area contributed by atoms with Crippen LogP contribution in [-0.4, -0.2) is 13.2 Å². The Labute approximate surface area is 106 Å². The molecule has 1 fully saturated rings. The second-order valence-electron chi connectivity index (χ2n) is 4.03. The van der Waals surface area contributed by atoms with Crippen LogP contribution < -0.4 is 4.74 Å². The van der Waals surface area contributed by atoms with E-state index in [0.29, 0.717) is 13.2 Å². The smallest absolute Gasteiger partial charge is 0.187 e. The van der Waals surface area contributed by atoms with Crippen LogP contribution in [0.15, 0.2) is 54.6 Å². The van der Waals surface area contributed by atoms with E-state index < -0.39 is 0 Å². The van der Waals surface area contributed by atoms with Crippen molar-refractivity contribution in [1.82, 2.24) is 0 Å². The Balaban J connectivity index is 1.87. The summed E-state index contributed by atoms with van der Waals surface area (Å²) in [6.07, 6.45) is -0.315. The van der Waals surface area contributed by atoms with Gasteiger partial charge in [0.15, 0.2) is 6.29 Å². The molecule has 1 saturated heterocycles. The van der Waals surface area contributed by atoms with E-state index in [2.05, 4.69) is 0 Å². The summed E-state index contributed by atoms with van der Waals surface area (Å²) in [7, 11) is 0. The highest BCUT2D eigenvalue weighted by Crippen LogP contribution is 2.33. The number of hydrogen-bond donors (Lipinski definition) is 0. The van der Waals surface area contributed by atoms with Crippen LogP contribution in [0.4, 0.5) is 0 Å². The minimum absolute atomic E-state index is 0.315. The van der Waals surface area contributed by atoms with Crippen LogP contribution in [0.25, 0.3) is 0 Å². The minimum atomic E-state index is -0.315. The second kappa shape index (κ2) is 5.21. The fourth-order valence-corrected chi connectivity index (χ4v) is 1.92. The fraction of sp³-hybridized carbons (Fsp3) is 0.200. The van der Waals surface area contributed by atoms with E-state index in [1.807, 2.05) is 54.6 Å². The molecular weight excluding hydrogens is 228 g/mol. The molecule has 0 aromatic heterocycles. The molecule has 1 heterocycles. The van der Waals surface area contributed by atoms with E-state index in [9.17, 15) is 0 Å². The molecule has 2 aromatic rings. The maximum absolute atomic E-state index is 5.86. The highest BCUT2D eigenvalue weighted by atomic mass is 16.7. The third-order valence-corrected chi connectivity index (χ3v) is 2.77. The van der Waals surface area contributed by atoms with Gasteiger partial charge in [-0.15, -0.1) is 0 Å². The molecule has 3 rings (SSSR count). The van der Waals surface area contributed by atoms with Crippen molar-refractivity contribution >= 4 is 0 Å². The average Bonchev–Trinajstić information content (AvgIpc) is 2.94. The highest BCUT2D eigenvalue weighted by molar-refractivity contribution is 5.38. The van der Waals surface area contributed by atoms with Crippen LogP contribution in [0.1, 0.15) is 11.9 Å². The lowest BCUT2D eigenvalue weighted by Gasteiger charge is -2.14.